The molecule has 0 bridgehead atoms. The van der Waals surface area contributed by atoms with Crippen molar-refractivity contribution in [2.45, 2.75) is 18.9 Å². The molecule has 0 aliphatic carbocycles. The molecule has 1 N–H and O–H groups in total. The van der Waals surface area contributed by atoms with Gasteiger partial charge in [-0.05, 0) is 41.8 Å². The van der Waals surface area contributed by atoms with Crippen LogP contribution in [0.1, 0.15) is 11.1 Å². The maximum atomic E-state index is 4.24. The Labute approximate surface area is 125 Å². The Morgan fingerprint density at radius 1 is 1.05 bits per heavy atom. The van der Waals surface area contributed by atoms with Gasteiger partial charge in [-0.2, -0.15) is 5.10 Å². The number of aromatic nitrogens is 2. The maximum absolute atomic E-state index is 4.24. The van der Waals surface area contributed by atoms with Crippen molar-refractivity contribution < 1.29 is 0 Å². The molecule has 21 heavy (non-hydrogen) atoms. The number of nitrogens with one attached hydrogen (secondary N) is 1. The Balaban J connectivity index is 1.75. The zero-order chi connectivity index (χ0) is 14.7. The van der Waals surface area contributed by atoms with E-state index in [0.29, 0.717) is 6.04 Å². The van der Waals surface area contributed by atoms with Crippen LogP contribution in [0.4, 0.5) is 0 Å². The monoisotopic (exact) mass is 279 g/mol. The van der Waals surface area contributed by atoms with Gasteiger partial charge in [-0.15, -0.1) is 0 Å². The van der Waals surface area contributed by atoms with Crippen LogP contribution in [0.15, 0.2) is 54.9 Å². The summed E-state index contributed by atoms with van der Waals surface area (Å²) >= 11 is 0. The zero-order valence-electron chi connectivity index (χ0n) is 12.6. The summed E-state index contributed by atoms with van der Waals surface area (Å²) in [6.07, 6.45) is 6.06. The topological polar surface area (TPSA) is 29.9 Å². The van der Waals surface area contributed by atoms with Crippen LogP contribution in [0.3, 0.4) is 0 Å². The van der Waals surface area contributed by atoms with Crippen molar-refractivity contribution in [1.29, 1.82) is 0 Å². The van der Waals surface area contributed by atoms with Gasteiger partial charge in [0.25, 0.3) is 0 Å². The molecule has 0 aliphatic heterocycles. The molecule has 3 aromatic rings. The van der Waals surface area contributed by atoms with E-state index in [4.69, 9.17) is 0 Å². The van der Waals surface area contributed by atoms with Crippen molar-refractivity contribution in [2.75, 3.05) is 7.05 Å². The van der Waals surface area contributed by atoms with Gasteiger partial charge in [0.2, 0.25) is 0 Å². The van der Waals surface area contributed by atoms with E-state index < -0.39 is 0 Å². The second-order valence-electron chi connectivity index (χ2n) is 5.60. The lowest BCUT2D eigenvalue weighted by molar-refractivity contribution is 0.556. The number of nitrogens with zero attached hydrogens (tertiary/aromatic N) is 2. The Hall–Kier alpha value is -2.13. The lowest BCUT2D eigenvalue weighted by atomic mass is 9.98. The predicted molar refractivity (Wildman–Crippen MR) is 87.4 cm³/mol. The highest BCUT2D eigenvalue weighted by Gasteiger charge is 2.10. The van der Waals surface area contributed by atoms with Crippen LogP contribution < -0.4 is 5.32 Å². The summed E-state index contributed by atoms with van der Waals surface area (Å²) in [7, 11) is 3.99. The minimum absolute atomic E-state index is 0.426. The molecule has 0 aliphatic rings. The SMILES string of the molecule is CNC(Cc1ccc2ccccc2c1)Cc1cnn(C)c1. The van der Waals surface area contributed by atoms with Crippen LogP contribution in [0, 0.1) is 0 Å². The number of hydrogen-bond donors (Lipinski definition) is 1. The molecule has 0 amide bonds. The number of hydrogen-bond acceptors (Lipinski definition) is 2. The Morgan fingerprint density at radius 3 is 2.52 bits per heavy atom. The number of likely N-dealkylation sites (N-methyl/N-ethyl adjacent to an activating group) is 1. The second kappa shape index (κ2) is 6.10. The van der Waals surface area contributed by atoms with Crippen LogP contribution in [-0.2, 0) is 19.9 Å². The third kappa shape index (κ3) is 3.31. The molecule has 2 aromatic carbocycles. The van der Waals surface area contributed by atoms with Gasteiger partial charge in [-0.1, -0.05) is 42.5 Å². The van der Waals surface area contributed by atoms with Gasteiger partial charge in [0, 0.05) is 19.3 Å². The third-order valence-electron chi connectivity index (χ3n) is 3.94. The minimum Gasteiger partial charge on any atom is -0.316 e. The van der Waals surface area contributed by atoms with Gasteiger partial charge in [0.1, 0.15) is 0 Å². The van der Waals surface area contributed by atoms with Crippen molar-refractivity contribution >= 4 is 10.8 Å². The average Bonchev–Trinajstić information content (AvgIpc) is 2.91. The van der Waals surface area contributed by atoms with E-state index in [-0.39, 0.29) is 0 Å². The largest absolute Gasteiger partial charge is 0.316 e. The molecular weight excluding hydrogens is 258 g/mol. The molecule has 1 aromatic heterocycles. The maximum Gasteiger partial charge on any atom is 0.0522 e. The van der Waals surface area contributed by atoms with Crippen molar-refractivity contribution in [3.05, 3.63) is 66.0 Å². The highest BCUT2D eigenvalue weighted by Crippen LogP contribution is 2.17. The minimum atomic E-state index is 0.426. The highest BCUT2D eigenvalue weighted by molar-refractivity contribution is 5.82. The molecule has 0 saturated heterocycles. The van der Waals surface area contributed by atoms with Crippen molar-refractivity contribution in [3.8, 4) is 0 Å². The van der Waals surface area contributed by atoms with E-state index in [1.165, 1.54) is 21.9 Å². The Bertz CT molecular complexity index is 730. The van der Waals surface area contributed by atoms with Gasteiger partial charge in [-0.3, -0.25) is 4.68 Å². The zero-order valence-corrected chi connectivity index (χ0v) is 12.6. The molecule has 3 nitrogen and oxygen atoms in total. The molecule has 0 radical (unpaired) electrons. The first-order chi connectivity index (χ1) is 10.2. The van der Waals surface area contributed by atoms with Crippen LogP contribution in [0.5, 0.6) is 0 Å². The van der Waals surface area contributed by atoms with Gasteiger partial charge in [0.15, 0.2) is 0 Å². The lowest BCUT2D eigenvalue weighted by Gasteiger charge is -2.15. The smallest absolute Gasteiger partial charge is 0.0522 e. The van der Waals surface area contributed by atoms with Crippen molar-refractivity contribution in [3.63, 3.8) is 0 Å². The Kier molecular flexibility index (Phi) is 4.02. The predicted octanol–water partition coefficient (Wildman–Crippen LogP) is 2.95. The van der Waals surface area contributed by atoms with Crippen LogP contribution >= 0.6 is 0 Å². The van der Waals surface area contributed by atoms with Crippen LogP contribution in [-0.4, -0.2) is 22.9 Å². The molecule has 1 atom stereocenters. The average molecular weight is 279 g/mol. The van der Waals surface area contributed by atoms with Crippen molar-refractivity contribution in [1.82, 2.24) is 15.1 Å². The van der Waals surface area contributed by atoms with Crippen molar-refractivity contribution in [2.24, 2.45) is 7.05 Å². The van der Waals surface area contributed by atoms with Gasteiger partial charge in [-0.25, -0.2) is 0 Å². The lowest BCUT2D eigenvalue weighted by Crippen LogP contribution is -2.29. The number of benzene rings is 2. The van der Waals surface area contributed by atoms with Gasteiger partial charge >= 0.3 is 0 Å². The fourth-order valence-corrected chi connectivity index (χ4v) is 2.79. The molecule has 1 unspecified atom stereocenters. The fourth-order valence-electron chi connectivity index (χ4n) is 2.79. The molecule has 108 valence electrons. The normalized spacial score (nSPS) is 12.7. The van der Waals surface area contributed by atoms with Crippen LogP contribution in [0.2, 0.25) is 0 Å². The molecular formula is C18H21N3. The Morgan fingerprint density at radius 2 is 1.81 bits per heavy atom. The van der Waals surface area contributed by atoms with E-state index in [2.05, 4.69) is 59.1 Å². The summed E-state index contributed by atoms with van der Waals surface area (Å²) < 4.78 is 1.86. The quantitative estimate of drug-likeness (QED) is 0.778. The number of fused-ring (bicyclic) bond motifs is 1. The molecule has 0 spiro atoms. The summed E-state index contributed by atoms with van der Waals surface area (Å²) in [5.74, 6) is 0. The van der Waals surface area contributed by atoms with E-state index in [1.807, 2.05) is 25.0 Å². The third-order valence-corrected chi connectivity index (χ3v) is 3.94. The fraction of sp³-hybridized carbons (Fsp3) is 0.278. The first kappa shape index (κ1) is 13.8. The molecule has 1 heterocycles. The summed E-state index contributed by atoms with van der Waals surface area (Å²) in [4.78, 5) is 0. The van der Waals surface area contributed by atoms with E-state index >= 15 is 0 Å². The summed E-state index contributed by atoms with van der Waals surface area (Å²) in [5, 5.41) is 10.3. The molecule has 0 saturated carbocycles. The van der Waals surface area contributed by atoms with Gasteiger partial charge < -0.3 is 5.32 Å². The first-order valence-electron chi connectivity index (χ1n) is 7.37. The van der Waals surface area contributed by atoms with Crippen LogP contribution in [0.25, 0.3) is 10.8 Å². The number of aryl methyl sites for hydroxylation is 1. The van der Waals surface area contributed by atoms with Gasteiger partial charge in [0.05, 0.1) is 6.20 Å². The summed E-state index contributed by atoms with van der Waals surface area (Å²) in [6.45, 7) is 0. The van der Waals surface area contributed by atoms with E-state index in [9.17, 15) is 0 Å². The molecule has 3 heteroatoms. The first-order valence-corrected chi connectivity index (χ1v) is 7.37. The summed E-state index contributed by atoms with van der Waals surface area (Å²) in [6, 6.07) is 15.7. The van der Waals surface area contributed by atoms with E-state index in [0.717, 1.165) is 12.8 Å². The molecule has 3 rings (SSSR count). The highest BCUT2D eigenvalue weighted by atomic mass is 15.2. The van der Waals surface area contributed by atoms with E-state index in [1.54, 1.807) is 0 Å². The standard InChI is InChI=1S/C18H21N3/c1-19-18(11-15-12-20-21(2)13-15)10-14-7-8-16-5-3-4-6-17(16)9-14/h3-9,12-13,18-19H,10-11H2,1-2H3. The summed E-state index contributed by atoms with van der Waals surface area (Å²) in [5.41, 5.74) is 2.65. The second-order valence-corrected chi connectivity index (χ2v) is 5.60. The number of rotatable bonds is 5. The molecule has 0 fully saturated rings.